The molecular formula is C24H28FN5O3S. The number of amides is 1. The zero-order valence-electron chi connectivity index (χ0n) is 19.7. The highest BCUT2D eigenvalue weighted by atomic mass is 32.2. The van der Waals surface area contributed by atoms with Gasteiger partial charge in [-0.05, 0) is 61.7 Å². The fourth-order valence-electron chi connectivity index (χ4n) is 4.11. The second-order valence-corrected chi connectivity index (χ2v) is 10.4. The molecule has 0 unspecified atom stereocenters. The topological polar surface area (TPSA) is 87.5 Å². The maximum absolute atomic E-state index is 13.6. The van der Waals surface area contributed by atoms with Gasteiger partial charge in [0.25, 0.3) is 15.9 Å². The van der Waals surface area contributed by atoms with Crippen LogP contribution in [0, 0.1) is 26.6 Å². The minimum atomic E-state index is -3.99. The van der Waals surface area contributed by atoms with E-state index in [-0.39, 0.29) is 29.5 Å². The lowest BCUT2D eigenvalue weighted by Crippen LogP contribution is -2.49. The van der Waals surface area contributed by atoms with Crippen LogP contribution in [-0.2, 0) is 17.1 Å². The van der Waals surface area contributed by atoms with E-state index in [1.165, 1.54) is 44.5 Å². The molecule has 3 aromatic rings. The van der Waals surface area contributed by atoms with Gasteiger partial charge < -0.3 is 10.2 Å². The number of anilines is 2. The molecule has 1 aliphatic heterocycles. The number of aryl methyl sites for hydroxylation is 3. The molecule has 0 aliphatic carbocycles. The molecule has 0 bridgehead atoms. The van der Waals surface area contributed by atoms with Crippen molar-refractivity contribution >= 4 is 27.3 Å². The van der Waals surface area contributed by atoms with Crippen LogP contribution in [0.4, 0.5) is 15.8 Å². The first-order chi connectivity index (χ1) is 16.1. The van der Waals surface area contributed by atoms with Crippen molar-refractivity contribution in [2.24, 2.45) is 7.05 Å². The average molecular weight is 486 g/mol. The Balaban J connectivity index is 1.53. The Morgan fingerprint density at radius 1 is 1.03 bits per heavy atom. The molecule has 0 spiro atoms. The van der Waals surface area contributed by atoms with Crippen molar-refractivity contribution in [1.82, 2.24) is 14.1 Å². The molecule has 1 aromatic heterocycles. The van der Waals surface area contributed by atoms with E-state index in [1.807, 2.05) is 12.1 Å². The van der Waals surface area contributed by atoms with Crippen LogP contribution in [0.2, 0.25) is 0 Å². The van der Waals surface area contributed by atoms with Crippen molar-refractivity contribution in [3.8, 4) is 0 Å². The number of sulfonamides is 1. The van der Waals surface area contributed by atoms with Crippen LogP contribution in [0.5, 0.6) is 0 Å². The Morgan fingerprint density at radius 2 is 1.74 bits per heavy atom. The normalized spacial score (nSPS) is 14.9. The predicted molar refractivity (Wildman–Crippen MR) is 129 cm³/mol. The Bertz CT molecular complexity index is 1340. The number of carbonyl (C=O) groups excluding carboxylic acids is 1. The van der Waals surface area contributed by atoms with Crippen LogP contribution in [0.25, 0.3) is 0 Å². The van der Waals surface area contributed by atoms with E-state index >= 15 is 0 Å². The van der Waals surface area contributed by atoms with E-state index < -0.39 is 15.9 Å². The molecule has 2 heterocycles. The van der Waals surface area contributed by atoms with Crippen LogP contribution in [0.15, 0.2) is 47.6 Å². The molecule has 10 heteroatoms. The van der Waals surface area contributed by atoms with Crippen LogP contribution in [0.3, 0.4) is 0 Å². The zero-order chi connectivity index (χ0) is 24.6. The first-order valence-electron chi connectivity index (χ1n) is 11.0. The van der Waals surface area contributed by atoms with Crippen molar-refractivity contribution < 1.29 is 17.6 Å². The highest BCUT2D eigenvalue weighted by Gasteiger charge is 2.34. The zero-order valence-corrected chi connectivity index (χ0v) is 20.5. The molecule has 1 saturated heterocycles. The number of rotatable bonds is 5. The van der Waals surface area contributed by atoms with Crippen molar-refractivity contribution in [3.05, 3.63) is 70.7 Å². The van der Waals surface area contributed by atoms with Gasteiger partial charge in [0.05, 0.1) is 5.56 Å². The number of carbonyl (C=O) groups is 1. The summed E-state index contributed by atoms with van der Waals surface area (Å²) in [5.74, 6) is -1.01. The van der Waals surface area contributed by atoms with Crippen LogP contribution in [-0.4, -0.2) is 54.6 Å². The lowest BCUT2D eigenvalue weighted by molar-refractivity contribution is 0.102. The third kappa shape index (κ3) is 4.55. The Labute approximate surface area is 199 Å². The van der Waals surface area contributed by atoms with Gasteiger partial charge >= 0.3 is 0 Å². The maximum Gasteiger partial charge on any atom is 0.263 e. The number of nitrogens with zero attached hydrogens (tertiary/aromatic N) is 4. The Kier molecular flexibility index (Phi) is 6.46. The van der Waals surface area contributed by atoms with Gasteiger partial charge in [-0.25, -0.2) is 12.8 Å². The van der Waals surface area contributed by atoms with Gasteiger partial charge in [-0.15, -0.1) is 0 Å². The quantitative estimate of drug-likeness (QED) is 0.600. The SMILES string of the molecule is Cc1cc(NC(=O)c2cn(C)nc2S(=O)(=O)N2CCN(c3cccc(C)c3C)CC2)ccc1F. The fraction of sp³-hybridized carbons (Fsp3) is 0.333. The monoisotopic (exact) mass is 485 g/mol. The van der Waals surface area contributed by atoms with Gasteiger partial charge in [-0.1, -0.05) is 12.1 Å². The molecule has 0 radical (unpaired) electrons. The largest absolute Gasteiger partial charge is 0.369 e. The molecule has 0 atom stereocenters. The summed E-state index contributed by atoms with van der Waals surface area (Å²) >= 11 is 0. The summed E-state index contributed by atoms with van der Waals surface area (Å²) in [6.45, 7) is 7.34. The summed E-state index contributed by atoms with van der Waals surface area (Å²) in [6, 6.07) is 10.3. The summed E-state index contributed by atoms with van der Waals surface area (Å²) in [6.07, 6.45) is 1.38. The smallest absolute Gasteiger partial charge is 0.263 e. The number of hydrogen-bond acceptors (Lipinski definition) is 5. The predicted octanol–water partition coefficient (Wildman–Crippen LogP) is 3.25. The summed E-state index contributed by atoms with van der Waals surface area (Å²) < 4.78 is 43.1. The van der Waals surface area contributed by atoms with E-state index in [4.69, 9.17) is 0 Å². The molecule has 8 nitrogen and oxygen atoms in total. The highest BCUT2D eigenvalue weighted by Crippen LogP contribution is 2.26. The van der Waals surface area contributed by atoms with E-state index in [2.05, 4.69) is 35.2 Å². The molecule has 1 amide bonds. The van der Waals surface area contributed by atoms with Crippen molar-refractivity contribution in [2.45, 2.75) is 25.8 Å². The van der Waals surface area contributed by atoms with Crippen LogP contribution < -0.4 is 10.2 Å². The molecule has 0 saturated carbocycles. The second kappa shape index (κ2) is 9.19. The first kappa shape index (κ1) is 23.9. The van der Waals surface area contributed by atoms with E-state index in [0.717, 1.165) is 5.69 Å². The van der Waals surface area contributed by atoms with Gasteiger partial charge in [-0.3, -0.25) is 9.48 Å². The average Bonchev–Trinajstić information content (AvgIpc) is 3.21. The Morgan fingerprint density at radius 3 is 2.41 bits per heavy atom. The van der Waals surface area contributed by atoms with Crippen LogP contribution >= 0.6 is 0 Å². The molecule has 1 aliphatic rings. The lowest BCUT2D eigenvalue weighted by atomic mass is 10.1. The van der Waals surface area contributed by atoms with Crippen LogP contribution in [0.1, 0.15) is 27.0 Å². The maximum atomic E-state index is 13.6. The molecule has 4 rings (SSSR count). The second-order valence-electron chi connectivity index (χ2n) is 8.55. The summed E-state index contributed by atoms with van der Waals surface area (Å²) in [7, 11) is -2.43. The standard InChI is InChI=1S/C24H28FN5O3S/c1-16-6-5-7-22(18(16)3)29-10-12-30(13-11-29)34(32,33)24-20(15-28(4)27-24)23(31)26-19-8-9-21(25)17(2)14-19/h5-9,14-15H,10-13H2,1-4H3,(H,26,31). The van der Waals surface area contributed by atoms with Gasteiger partial charge in [0.1, 0.15) is 5.82 Å². The number of benzene rings is 2. The van der Waals surface area contributed by atoms with E-state index in [9.17, 15) is 17.6 Å². The van der Waals surface area contributed by atoms with Crippen molar-refractivity contribution in [3.63, 3.8) is 0 Å². The molecule has 1 fully saturated rings. The fourth-order valence-corrected chi connectivity index (χ4v) is 5.65. The van der Waals surface area contributed by atoms with Crippen molar-refractivity contribution in [2.75, 3.05) is 36.4 Å². The van der Waals surface area contributed by atoms with Gasteiger partial charge in [0, 0.05) is 50.8 Å². The Hall–Kier alpha value is -3.24. The molecule has 1 N–H and O–H groups in total. The lowest BCUT2D eigenvalue weighted by Gasteiger charge is -2.36. The molecular weight excluding hydrogens is 457 g/mol. The number of nitrogens with one attached hydrogen (secondary N) is 1. The molecule has 34 heavy (non-hydrogen) atoms. The van der Waals surface area contributed by atoms with Gasteiger partial charge in [0.2, 0.25) is 5.03 Å². The third-order valence-electron chi connectivity index (χ3n) is 6.19. The van der Waals surface area contributed by atoms with E-state index in [1.54, 1.807) is 14.0 Å². The first-order valence-corrected chi connectivity index (χ1v) is 12.4. The third-order valence-corrected chi connectivity index (χ3v) is 8.03. The number of aromatic nitrogens is 2. The molecule has 180 valence electrons. The number of hydrogen-bond donors (Lipinski definition) is 1. The number of halogens is 1. The van der Waals surface area contributed by atoms with E-state index in [0.29, 0.717) is 24.3 Å². The van der Waals surface area contributed by atoms with Gasteiger partial charge in [-0.2, -0.15) is 9.40 Å². The summed E-state index contributed by atoms with van der Waals surface area (Å²) in [5, 5.41) is 6.47. The molecule has 2 aromatic carbocycles. The summed E-state index contributed by atoms with van der Waals surface area (Å²) in [5.41, 5.74) is 4.16. The van der Waals surface area contributed by atoms with Gasteiger partial charge in [0.15, 0.2) is 0 Å². The highest BCUT2D eigenvalue weighted by molar-refractivity contribution is 7.89. The number of piperazine rings is 1. The minimum absolute atomic E-state index is 0.0542. The minimum Gasteiger partial charge on any atom is -0.369 e. The summed E-state index contributed by atoms with van der Waals surface area (Å²) in [4.78, 5) is 15.1. The van der Waals surface area contributed by atoms with Crippen molar-refractivity contribution in [1.29, 1.82) is 0 Å².